The van der Waals surface area contributed by atoms with E-state index in [4.69, 9.17) is 0 Å². The summed E-state index contributed by atoms with van der Waals surface area (Å²) in [6.45, 7) is 1.93. The van der Waals surface area contributed by atoms with Gasteiger partial charge in [0.05, 0.1) is 22.1 Å². The number of nitrogens with zero attached hydrogens (tertiary/aromatic N) is 1. The topological polar surface area (TPSA) is 110 Å². The third-order valence-corrected chi connectivity index (χ3v) is 6.21. The minimum atomic E-state index is -3.95. The molecule has 0 aliphatic heterocycles. The third kappa shape index (κ3) is 3.19. The average molecular weight is 385 g/mol. The van der Waals surface area contributed by atoms with Crippen molar-refractivity contribution in [2.75, 3.05) is 11.4 Å². The summed E-state index contributed by atoms with van der Waals surface area (Å²) in [7, 11) is -2.51. The highest BCUT2D eigenvalue weighted by Gasteiger charge is 2.23. The molecule has 0 spiro atoms. The van der Waals surface area contributed by atoms with Crippen molar-refractivity contribution in [1.82, 2.24) is 4.98 Å². The van der Waals surface area contributed by atoms with Crippen LogP contribution in [-0.4, -0.2) is 26.4 Å². The molecule has 140 valence electrons. The molecule has 3 aromatic rings. The van der Waals surface area contributed by atoms with E-state index in [0.717, 1.165) is 16.1 Å². The number of aryl methyl sites for hydroxylation is 1. The number of aromatic nitrogens is 1. The lowest BCUT2D eigenvalue weighted by molar-refractivity contribution is -0.255. The van der Waals surface area contributed by atoms with Gasteiger partial charge in [-0.2, -0.15) is 0 Å². The fourth-order valence-corrected chi connectivity index (χ4v) is 4.17. The molecule has 0 amide bonds. The summed E-state index contributed by atoms with van der Waals surface area (Å²) < 4.78 is 27.3. The van der Waals surface area contributed by atoms with E-state index >= 15 is 0 Å². The molecule has 0 aliphatic rings. The second-order valence-corrected chi connectivity index (χ2v) is 7.95. The van der Waals surface area contributed by atoms with Gasteiger partial charge in [0.25, 0.3) is 10.0 Å². The first kappa shape index (κ1) is 18.7. The van der Waals surface area contributed by atoms with E-state index in [1.54, 1.807) is 12.1 Å². The predicted octanol–water partition coefficient (Wildman–Crippen LogP) is 1.28. The van der Waals surface area contributed by atoms with Gasteiger partial charge >= 0.3 is 0 Å². The summed E-state index contributed by atoms with van der Waals surface area (Å²) in [5.41, 5.74) is 0.388. The van der Waals surface area contributed by atoms with Gasteiger partial charge in [-0.3, -0.25) is 9.10 Å². The van der Waals surface area contributed by atoms with Gasteiger partial charge in [0.1, 0.15) is 0 Å². The zero-order chi connectivity index (χ0) is 19.8. The lowest BCUT2D eigenvalue weighted by atomic mass is 10.1. The second-order valence-electron chi connectivity index (χ2n) is 5.98. The van der Waals surface area contributed by atoms with Gasteiger partial charge in [-0.15, -0.1) is 0 Å². The number of carboxylic acid groups (broad SMARTS) is 1. The summed E-state index contributed by atoms with van der Waals surface area (Å²) >= 11 is 0. The smallest absolute Gasteiger partial charge is 0.264 e. The molecule has 0 saturated carbocycles. The predicted molar refractivity (Wildman–Crippen MR) is 100 cm³/mol. The highest BCUT2D eigenvalue weighted by molar-refractivity contribution is 7.92. The number of para-hydroxylation sites is 1. The molecule has 2 aromatic carbocycles. The second kappa shape index (κ2) is 6.88. The summed E-state index contributed by atoms with van der Waals surface area (Å²) in [5, 5.41) is 11.0. The Morgan fingerprint density at radius 2 is 1.89 bits per heavy atom. The van der Waals surface area contributed by atoms with Crippen LogP contribution in [0.1, 0.15) is 22.8 Å². The van der Waals surface area contributed by atoms with Crippen LogP contribution in [0.25, 0.3) is 10.9 Å². The Kier molecular flexibility index (Phi) is 4.75. The van der Waals surface area contributed by atoms with E-state index in [9.17, 15) is 23.1 Å². The minimum Gasteiger partial charge on any atom is -0.545 e. The summed E-state index contributed by atoms with van der Waals surface area (Å²) in [4.78, 5) is 26.0. The number of rotatable bonds is 5. The molecule has 0 bridgehead atoms. The lowest BCUT2D eigenvalue weighted by Crippen LogP contribution is -2.29. The molecule has 0 radical (unpaired) electrons. The number of aromatic carboxylic acids is 1. The number of benzene rings is 2. The SMILES string of the molecule is CCc1ccccc1N(C)S(=O)(=O)c1ccc2[nH]cc(C(=O)[O-])c(=O)c2c1. The zero-order valence-corrected chi connectivity index (χ0v) is 15.5. The summed E-state index contributed by atoms with van der Waals surface area (Å²) in [6, 6.07) is 11.1. The number of fused-ring (bicyclic) bond motifs is 1. The van der Waals surface area contributed by atoms with Gasteiger partial charge in [-0.1, -0.05) is 25.1 Å². The van der Waals surface area contributed by atoms with Gasteiger partial charge in [0.15, 0.2) is 5.43 Å². The van der Waals surface area contributed by atoms with Crippen LogP contribution in [-0.2, 0) is 16.4 Å². The van der Waals surface area contributed by atoms with Gasteiger partial charge in [0.2, 0.25) is 0 Å². The molecular formula is C19H17N2O5S-. The van der Waals surface area contributed by atoms with Crippen molar-refractivity contribution in [3.05, 3.63) is 70.0 Å². The van der Waals surface area contributed by atoms with Crippen molar-refractivity contribution in [3.63, 3.8) is 0 Å². The number of H-pyrrole nitrogens is 1. The Bertz CT molecular complexity index is 1200. The quantitative estimate of drug-likeness (QED) is 0.711. The Morgan fingerprint density at radius 3 is 2.56 bits per heavy atom. The molecular weight excluding hydrogens is 368 g/mol. The Hall–Kier alpha value is -3.13. The lowest BCUT2D eigenvalue weighted by Gasteiger charge is -2.22. The maximum Gasteiger partial charge on any atom is 0.264 e. The number of carbonyl (C=O) groups is 1. The van der Waals surface area contributed by atoms with Crippen LogP contribution >= 0.6 is 0 Å². The number of sulfonamides is 1. The monoisotopic (exact) mass is 385 g/mol. The van der Waals surface area contributed by atoms with E-state index < -0.39 is 27.0 Å². The number of hydrogen-bond acceptors (Lipinski definition) is 5. The van der Waals surface area contributed by atoms with Crippen LogP contribution < -0.4 is 14.8 Å². The number of carbonyl (C=O) groups excluding carboxylic acids is 1. The maximum atomic E-state index is 13.1. The number of carboxylic acids is 1. The fraction of sp³-hybridized carbons (Fsp3) is 0.158. The standard InChI is InChI=1S/C19H18N2O5S/c1-3-12-6-4-5-7-17(12)21(2)27(25,26)13-8-9-16-14(10-13)18(22)15(11-20-16)19(23)24/h4-11H,3H2,1-2H3,(H,20,22)(H,23,24)/p-1. The highest BCUT2D eigenvalue weighted by atomic mass is 32.2. The van der Waals surface area contributed by atoms with Gasteiger partial charge in [-0.25, -0.2) is 8.42 Å². The molecule has 1 aromatic heterocycles. The number of nitrogens with one attached hydrogen (secondary N) is 1. The van der Waals surface area contributed by atoms with Crippen LogP contribution in [0.3, 0.4) is 0 Å². The Labute approximate surface area is 155 Å². The van der Waals surface area contributed by atoms with Crippen LogP contribution in [0.5, 0.6) is 0 Å². The summed E-state index contributed by atoms with van der Waals surface area (Å²) in [6.07, 6.45) is 1.69. The highest BCUT2D eigenvalue weighted by Crippen LogP contribution is 2.27. The average Bonchev–Trinajstić information content (AvgIpc) is 2.67. The Morgan fingerprint density at radius 1 is 1.19 bits per heavy atom. The molecule has 7 nitrogen and oxygen atoms in total. The van der Waals surface area contributed by atoms with E-state index in [2.05, 4.69) is 4.98 Å². The summed E-state index contributed by atoms with van der Waals surface area (Å²) in [5.74, 6) is -1.62. The molecule has 0 saturated heterocycles. The molecule has 3 rings (SSSR count). The normalized spacial score (nSPS) is 11.5. The van der Waals surface area contributed by atoms with E-state index in [-0.39, 0.29) is 10.3 Å². The first-order valence-corrected chi connectivity index (χ1v) is 9.65. The number of hydrogen-bond donors (Lipinski definition) is 1. The van der Waals surface area contributed by atoms with Crippen molar-refractivity contribution in [1.29, 1.82) is 0 Å². The van der Waals surface area contributed by atoms with E-state index in [1.807, 2.05) is 19.1 Å². The van der Waals surface area contributed by atoms with Crippen molar-refractivity contribution in [2.24, 2.45) is 0 Å². The Balaban J connectivity index is 2.17. The molecule has 0 fully saturated rings. The third-order valence-electron chi connectivity index (χ3n) is 4.44. The number of pyridine rings is 1. The van der Waals surface area contributed by atoms with Crippen LogP contribution in [0.2, 0.25) is 0 Å². The molecule has 0 atom stereocenters. The molecule has 0 aliphatic carbocycles. The van der Waals surface area contributed by atoms with Crippen LogP contribution in [0, 0.1) is 0 Å². The van der Waals surface area contributed by atoms with Crippen molar-refractivity contribution < 1.29 is 18.3 Å². The number of anilines is 1. The van der Waals surface area contributed by atoms with E-state index in [1.165, 1.54) is 25.2 Å². The molecule has 1 heterocycles. The largest absolute Gasteiger partial charge is 0.545 e. The van der Waals surface area contributed by atoms with Gasteiger partial charge in [0, 0.05) is 24.1 Å². The first-order valence-electron chi connectivity index (χ1n) is 8.21. The first-order chi connectivity index (χ1) is 12.8. The van der Waals surface area contributed by atoms with Crippen molar-refractivity contribution in [3.8, 4) is 0 Å². The van der Waals surface area contributed by atoms with Crippen LogP contribution in [0.15, 0.2) is 58.4 Å². The number of aromatic amines is 1. The van der Waals surface area contributed by atoms with Crippen molar-refractivity contribution >= 4 is 32.6 Å². The van der Waals surface area contributed by atoms with Crippen LogP contribution in [0.4, 0.5) is 5.69 Å². The van der Waals surface area contributed by atoms with E-state index in [0.29, 0.717) is 17.6 Å². The fourth-order valence-electron chi connectivity index (χ4n) is 2.91. The molecule has 0 unspecified atom stereocenters. The molecule has 8 heteroatoms. The van der Waals surface area contributed by atoms with Crippen molar-refractivity contribution in [2.45, 2.75) is 18.2 Å². The maximum absolute atomic E-state index is 13.1. The molecule has 27 heavy (non-hydrogen) atoms. The molecule has 1 N–H and O–H groups in total. The zero-order valence-electron chi connectivity index (χ0n) is 14.7. The minimum absolute atomic E-state index is 0.0325. The van der Waals surface area contributed by atoms with Gasteiger partial charge in [-0.05, 0) is 36.2 Å². The van der Waals surface area contributed by atoms with Gasteiger partial charge < -0.3 is 14.9 Å².